The molecule has 0 aliphatic carbocycles. The summed E-state index contributed by atoms with van der Waals surface area (Å²) in [5.41, 5.74) is 3.18. The molecule has 0 aromatic carbocycles. The fourth-order valence-electron chi connectivity index (χ4n) is 2.92. The Kier molecular flexibility index (Phi) is 4.67. The zero-order valence-electron chi connectivity index (χ0n) is 13.8. The van der Waals surface area contributed by atoms with Crippen LogP contribution in [0.2, 0.25) is 0 Å². The third-order valence-corrected chi connectivity index (χ3v) is 5.81. The lowest BCUT2D eigenvalue weighted by Gasteiger charge is -2.28. The summed E-state index contributed by atoms with van der Waals surface area (Å²) in [7, 11) is 0. The summed E-state index contributed by atoms with van der Waals surface area (Å²) in [6.07, 6.45) is 3.42. The van der Waals surface area contributed by atoms with Gasteiger partial charge >= 0.3 is 0 Å². The topological polar surface area (TPSA) is 76.3 Å². The number of nitrogens with zero attached hydrogens (tertiary/aromatic N) is 6. The van der Waals surface area contributed by atoms with E-state index in [0.29, 0.717) is 11.5 Å². The molecule has 1 saturated heterocycles. The minimum Gasteiger partial charge on any atom is -0.342 e. The quantitative estimate of drug-likeness (QED) is 0.654. The maximum atomic E-state index is 12.6. The van der Waals surface area contributed by atoms with Gasteiger partial charge in [0.2, 0.25) is 11.7 Å². The molecule has 3 aromatic heterocycles. The van der Waals surface area contributed by atoms with Crippen LogP contribution in [0.15, 0.2) is 28.0 Å². The summed E-state index contributed by atoms with van der Waals surface area (Å²) >= 11 is 2.98. The molecule has 1 unspecified atom stereocenters. The predicted molar refractivity (Wildman–Crippen MR) is 97.6 cm³/mol. The molecule has 4 rings (SSSR count). The molecule has 0 N–H and O–H groups in total. The van der Waals surface area contributed by atoms with E-state index >= 15 is 0 Å². The average Bonchev–Trinajstić information content (AvgIpc) is 3.30. The highest BCUT2D eigenvalue weighted by Gasteiger charge is 2.23. The van der Waals surface area contributed by atoms with E-state index in [0.717, 1.165) is 36.7 Å². The van der Waals surface area contributed by atoms with Crippen LogP contribution in [0.25, 0.3) is 17.2 Å². The number of carbonyl (C=O) groups excluding carboxylic acids is 1. The second-order valence-corrected chi connectivity index (χ2v) is 8.06. The van der Waals surface area contributed by atoms with Gasteiger partial charge in [-0.15, -0.1) is 21.5 Å². The molecule has 7 nitrogen and oxygen atoms in total. The van der Waals surface area contributed by atoms with Crippen molar-refractivity contribution < 1.29 is 4.79 Å². The molecule has 1 aliphatic heterocycles. The van der Waals surface area contributed by atoms with Crippen LogP contribution >= 0.6 is 23.1 Å². The van der Waals surface area contributed by atoms with Gasteiger partial charge in [0.25, 0.3) is 0 Å². The summed E-state index contributed by atoms with van der Waals surface area (Å²) in [6, 6.07) is 3.76. The van der Waals surface area contributed by atoms with E-state index in [1.54, 1.807) is 10.0 Å². The Morgan fingerprint density at radius 2 is 2.08 bits per heavy atom. The van der Waals surface area contributed by atoms with Crippen LogP contribution in [0, 0.1) is 0 Å². The van der Waals surface area contributed by atoms with Gasteiger partial charge in [-0.3, -0.25) is 4.79 Å². The first-order valence-corrected chi connectivity index (χ1v) is 10.1. The highest BCUT2D eigenvalue weighted by Crippen LogP contribution is 2.25. The fourth-order valence-corrected chi connectivity index (χ4v) is 4.34. The van der Waals surface area contributed by atoms with Crippen LogP contribution in [0.5, 0.6) is 0 Å². The van der Waals surface area contributed by atoms with Gasteiger partial charge in [0.1, 0.15) is 10.7 Å². The van der Waals surface area contributed by atoms with E-state index in [4.69, 9.17) is 0 Å². The monoisotopic (exact) mass is 374 g/mol. The number of amides is 1. The average molecular weight is 374 g/mol. The molecule has 1 amide bonds. The first-order chi connectivity index (χ1) is 12.2. The molecular weight excluding hydrogens is 356 g/mol. The number of thioether (sulfide) groups is 1. The van der Waals surface area contributed by atoms with Crippen molar-refractivity contribution in [3.63, 3.8) is 0 Å². The van der Waals surface area contributed by atoms with E-state index in [2.05, 4.69) is 20.3 Å². The number of rotatable bonds is 4. The zero-order valence-corrected chi connectivity index (χ0v) is 15.5. The Morgan fingerprint density at radius 1 is 1.24 bits per heavy atom. The van der Waals surface area contributed by atoms with Crippen LogP contribution in [0.3, 0.4) is 0 Å². The maximum absolute atomic E-state index is 12.6. The minimum atomic E-state index is -0.165. The number of likely N-dealkylation sites (tertiary alicyclic amines) is 1. The van der Waals surface area contributed by atoms with Crippen LogP contribution in [0.1, 0.15) is 26.2 Å². The van der Waals surface area contributed by atoms with Crippen LogP contribution in [-0.4, -0.2) is 53.9 Å². The number of carbonyl (C=O) groups is 1. The Bertz CT molecular complexity index is 872. The molecule has 0 saturated carbocycles. The number of hydrogen-bond acceptors (Lipinski definition) is 7. The molecule has 1 atom stereocenters. The predicted octanol–water partition coefficient (Wildman–Crippen LogP) is 2.74. The first-order valence-electron chi connectivity index (χ1n) is 8.29. The van der Waals surface area contributed by atoms with Crippen LogP contribution in [-0.2, 0) is 4.79 Å². The Hall–Kier alpha value is -2.00. The summed E-state index contributed by atoms with van der Waals surface area (Å²) < 4.78 is 1.69. The van der Waals surface area contributed by atoms with Gasteiger partial charge < -0.3 is 4.90 Å². The number of aromatic nitrogens is 5. The second kappa shape index (κ2) is 7.09. The molecule has 0 spiro atoms. The van der Waals surface area contributed by atoms with Crippen molar-refractivity contribution in [2.24, 2.45) is 0 Å². The maximum Gasteiger partial charge on any atom is 0.235 e. The lowest BCUT2D eigenvalue weighted by molar-refractivity contribution is -0.131. The number of hydrogen-bond donors (Lipinski definition) is 0. The van der Waals surface area contributed by atoms with Crippen molar-refractivity contribution in [2.75, 3.05) is 13.1 Å². The number of fused-ring (bicyclic) bond motifs is 1. The Labute approximate surface area is 153 Å². The first kappa shape index (κ1) is 16.5. The molecule has 3 aromatic rings. The van der Waals surface area contributed by atoms with Crippen LogP contribution < -0.4 is 0 Å². The van der Waals surface area contributed by atoms with Crippen molar-refractivity contribution in [2.45, 2.75) is 36.5 Å². The largest absolute Gasteiger partial charge is 0.342 e. The normalized spacial score (nSPS) is 16.3. The smallest absolute Gasteiger partial charge is 0.235 e. The summed E-state index contributed by atoms with van der Waals surface area (Å²) in [5.74, 6) is 0.809. The molecule has 1 aliphatic rings. The highest BCUT2D eigenvalue weighted by atomic mass is 32.2. The molecule has 9 heteroatoms. The van der Waals surface area contributed by atoms with Crippen LogP contribution in [0.4, 0.5) is 0 Å². The van der Waals surface area contributed by atoms with Crippen molar-refractivity contribution >= 4 is 34.7 Å². The van der Waals surface area contributed by atoms with E-state index in [-0.39, 0.29) is 11.2 Å². The SMILES string of the molecule is CC(Sc1ccc2nnc(-c3cscn3)n2n1)C(=O)N1CCCCC1. The molecular formula is C16H18N6OS2. The van der Waals surface area contributed by atoms with Crippen molar-refractivity contribution in [3.05, 3.63) is 23.0 Å². The zero-order chi connectivity index (χ0) is 17.2. The van der Waals surface area contributed by atoms with Gasteiger partial charge in [0, 0.05) is 18.5 Å². The van der Waals surface area contributed by atoms with E-state index in [9.17, 15) is 4.79 Å². The van der Waals surface area contributed by atoms with Gasteiger partial charge in [-0.1, -0.05) is 11.8 Å². The second-order valence-electron chi connectivity index (χ2n) is 5.98. The van der Waals surface area contributed by atoms with Gasteiger partial charge in [0.05, 0.1) is 10.8 Å². The lowest BCUT2D eigenvalue weighted by atomic mass is 10.1. The molecule has 4 heterocycles. The molecule has 130 valence electrons. The van der Waals surface area contributed by atoms with Gasteiger partial charge in [-0.05, 0) is 38.3 Å². The summed E-state index contributed by atoms with van der Waals surface area (Å²) in [4.78, 5) is 18.9. The van der Waals surface area contributed by atoms with Crippen molar-refractivity contribution in [3.8, 4) is 11.5 Å². The molecule has 1 fully saturated rings. The summed E-state index contributed by atoms with van der Waals surface area (Å²) in [6.45, 7) is 3.69. The minimum absolute atomic E-state index is 0.165. The van der Waals surface area contributed by atoms with Gasteiger partial charge in [-0.2, -0.15) is 9.61 Å². The third kappa shape index (κ3) is 3.38. The Morgan fingerprint density at radius 3 is 2.84 bits per heavy atom. The Balaban J connectivity index is 1.55. The number of piperidine rings is 1. The highest BCUT2D eigenvalue weighted by molar-refractivity contribution is 8.00. The van der Waals surface area contributed by atoms with E-state index in [1.165, 1.54) is 29.5 Å². The molecule has 0 bridgehead atoms. The van der Waals surface area contributed by atoms with Gasteiger partial charge in [0.15, 0.2) is 5.65 Å². The lowest BCUT2D eigenvalue weighted by Crippen LogP contribution is -2.40. The van der Waals surface area contributed by atoms with E-state index in [1.807, 2.05) is 29.3 Å². The fraction of sp³-hybridized carbons (Fsp3) is 0.438. The molecule has 0 radical (unpaired) electrons. The van der Waals surface area contributed by atoms with E-state index < -0.39 is 0 Å². The molecule has 25 heavy (non-hydrogen) atoms. The summed E-state index contributed by atoms with van der Waals surface area (Å²) in [5, 5.41) is 15.4. The standard InChI is InChI=1S/C16H18N6OS2/c1-11(16(23)21-7-3-2-4-8-21)25-14-6-5-13-18-19-15(22(13)20-14)12-9-24-10-17-12/h5-6,9-11H,2-4,7-8H2,1H3. The van der Waals surface area contributed by atoms with Crippen molar-refractivity contribution in [1.29, 1.82) is 0 Å². The third-order valence-electron chi connectivity index (χ3n) is 4.21. The van der Waals surface area contributed by atoms with Crippen molar-refractivity contribution in [1.82, 2.24) is 29.7 Å². The van der Waals surface area contributed by atoms with Gasteiger partial charge in [-0.25, -0.2) is 4.98 Å². The number of thiazole rings is 1.